The van der Waals surface area contributed by atoms with Crippen LogP contribution in [0.15, 0.2) is 36.4 Å². The van der Waals surface area contributed by atoms with Crippen LogP contribution in [0, 0.1) is 0 Å². The van der Waals surface area contributed by atoms with Crippen LogP contribution in [0.5, 0.6) is 11.5 Å². The molecule has 194 valence electrons. The maximum Gasteiger partial charge on any atom is 0.303 e. The highest BCUT2D eigenvalue weighted by Gasteiger charge is 2.33. The lowest BCUT2D eigenvalue weighted by molar-refractivity contribution is -0.137. The molecule has 0 fully saturated rings. The van der Waals surface area contributed by atoms with E-state index < -0.39 is 11.4 Å². The Morgan fingerprint density at radius 1 is 0.771 bits per heavy atom. The van der Waals surface area contributed by atoms with Gasteiger partial charge in [-0.2, -0.15) is 0 Å². The van der Waals surface area contributed by atoms with Crippen LogP contribution in [0.4, 0.5) is 0 Å². The summed E-state index contributed by atoms with van der Waals surface area (Å²) >= 11 is 0. The van der Waals surface area contributed by atoms with E-state index in [0.717, 1.165) is 28.7 Å². The minimum Gasteiger partial charge on any atom is -0.508 e. The van der Waals surface area contributed by atoms with Gasteiger partial charge in [-0.3, -0.25) is 9.59 Å². The molecule has 2 aromatic rings. The molecule has 0 aliphatic carbocycles. The fraction of sp³-hybridized carbons (Fsp3) is 0.517. The van der Waals surface area contributed by atoms with Crippen molar-refractivity contribution in [2.24, 2.45) is 5.73 Å². The average Bonchev–Trinajstić information content (AvgIpc) is 2.71. The molecule has 0 saturated heterocycles. The Kier molecular flexibility index (Phi) is 9.95. The number of hydrogen-bond donors (Lipinski definition) is 4. The molecule has 1 amide bonds. The van der Waals surface area contributed by atoms with Crippen molar-refractivity contribution in [2.75, 3.05) is 0 Å². The van der Waals surface area contributed by atoms with Crippen LogP contribution in [0.2, 0.25) is 0 Å². The smallest absolute Gasteiger partial charge is 0.303 e. The van der Waals surface area contributed by atoms with Crippen LogP contribution < -0.4 is 5.73 Å². The molecule has 2 aromatic carbocycles. The molecule has 35 heavy (non-hydrogen) atoms. The van der Waals surface area contributed by atoms with Gasteiger partial charge in [0.05, 0.1) is 0 Å². The number of benzene rings is 2. The van der Waals surface area contributed by atoms with E-state index in [1.165, 1.54) is 0 Å². The van der Waals surface area contributed by atoms with Crippen molar-refractivity contribution in [3.63, 3.8) is 0 Å². The van der Waals surface area contributed by atoms with Gasteiger partial charge >= 0.3 is 5.97 Å². The van der Waals surface area contributed by atoms with Crippen molar-refractivity contribution in [1.82, 2.24) is 0 Å². The number of amides is 1. The lowest BCUT2D eigenvalue weighted by Gasteiger charge is -2.34. The molecular formula is C29H43NO5. The first-order valence-electron chi connectivity index (χ1n) is 12.1. The summed E-state index contributed by atoms with van der Waals surface area (Å²) < 4.78 is 0. The number of aromatic hydroxyl groups is 2. The van der Waals surface area contributed by atoms with Crippen molar-refractivity contribution < 1.29 is 24.9 Å². The highest BCUT2D eigenvalue weighted by molar-refractivity contribution is 5.73. The number of carbonyl (C=O) groups excluding carboxylic acids is 1. The lowest BCUT2D eigenvalue weighted by atomic mass is 9.70. The summed E-state index contributed by atoms with van der Waals surface area (Å²) in [5.74, 6) is -0.579. The summed E-state index contributed by atoms with van der Waals surface area (Å²) in [5, 5.41) is 30.1. The zero-order valence-corrected chi connectivity index (χ0v) is 22.5. The molecule has 6 nitrogen and oxygen atoms in total. The van der Waals surface area contributed by atoms with E-state index in [1.807, 2.05) is 79.7 Å². The highest BCUT2D eigenvalue weighted by Crippen LogP contribution is 2.43. The van der Waals surface area contributed by atoms with E-state index in [-0.39, 0.29) is 34.7 Å². The molecule has 0 bridgehead atoms. The second kappa shape index (κ2) is 11.6. The van der Waals surface area contributed by atoms with Gasteiger partial charge in [-0.1, -0.05) is 79.7 Å². The first-order chi connectivity index (χ1) is 15.9. The lowest BCUT2D eigenvalue weighted by Crippen LogP contribution is -2.27. The molecular weight excluding hydrogens is 442 g/mol. The molecule has 0 unspecified atom stereocenters. The van der Waals surface area contributed by atoms with Crippen LogP contribution in [-0.4, -0.2) is 27.2 Å². The molecule has 0 aliphatic rings. The van der Waals surface area contributed by atoms with Crippen LogP contribution in [0.25, 0.3) is 0 Å². The molecule has 0 spiro atoms. The Bertz CT molecular complexity index is 965. The van der Waals surface area contributed by atoms with E-state index in [2.05, 4.69) is 0 Å². The maximum absolute atomic E-state index is 11.4. The third kappa shape index (κ3) is 8.30. The number of nitrogens with two attached hydrogens (primary N) is 1. The number of carboxylic acids is 1. The molecule has 0 radical (unpaired) electrons. The predicted molar refractivity (Wildman–Crippen MR) is 141 cm³/mol. The van der Waals surface area contributed by atoms with Gasteiger partial charge in [-0.15, -0.1) is 0 Å². The third-order valence-corrected chi connectivity index (χ3v) is 6.22. The number of carboxylic acid groups (broad SMARTS) is 1. The Hall–Kier alpha value is -3.02. The van der Waals surface area contributed by atoms with Gasteiger partial charge < -0.3 is 21.1 Å². The standard InChI is InChI=1S/C25H34O4.C4H9NO/c1-23(2,3)18-14-16(8-10-20(18)26)25(7,13-12-22(28)29)17-9-11-21(27)19(15-17)24(4,5)6;1-2-3-4(5)6/h8-11,14-15,26-27H,12-13H2,1-7H3,(H,28,29);2-3H2,1H3,(H2,5,6). The van der Waals surface area contributed by atoms with Crippen molar-refractivity contribution >= 4 is 11.9 Å². The molecule has 2 rings (SSSR count). The summed E-state index contributed by atoms with van der Waals surface area (Å²) in [4.78, 5) is 21.2. The van der Waals surface area contributed by atoms with Crippen LogP contribution in [0.3, 0.4) is 0 Å². The fourth-order valence-corrected chi connectivity index (χ4v) is 4.02. The summed E-state index contributed by atoms with van der Waals surface area (Å²) in [7, 11) is 0. The van der Waals surface area contributed by atoms with Gasteiger partial charge in [-0.25, -0.2) is 0 Å². The SMILES string of the molecule is CC(C)(C)c1cc(C(C)(CCC(=O)O)c2ccc(O)c(C(C)(C)C)c2)ccc1O.CCCC(N)=O. The van der Waals surface area contributed by atoms with Crippen LogP contribution >= 0.6 is 0 Å². The predicted octanol–water partition coefficient (Wildman–Crippen LogP) is 6.14. The summed E-state index contributed by atoms with van der Waals surface area (Å²) in [6, 6.07) is 11.1. The molecule has 0 heterocycles. The fourth-order valence-electron chi connectivity index (χ4n) is 4.02. The van der Waals surface area contributed by atoms with E-state index in [0.29, 0.717) is 12.8 Å². The van der Waals surface area contributed by atoms with Crippen LogP contribution in [0.1, 0.15) is 103 Å². The van der Waals surface area contributed by atoms with Crippen molar-refractivity contribution in [1.29, 1.82) is 0 Å². The topological polar surface area (TPSA) is 121 Å². The van der Waals surface area contributed by atoms with E-state index in [4.69, 9.17) is 5.73 Å². The second-order valence-corrected chi connectivity index (χ2v) is 11.4. The van der Waals surface area contributed by atoms with E-state index >= 15 is 0 Å². The zero-order chi connectivity index (χ0) is 27.2. The largest absolute Gasteiger partial charge is 0.508 e. The van der Waals surface area contributed by atoms with Gasteiger partial charge in [0.15, 0.2) is 0 Å². The number of rotatable bonds is 7. The number of hydrogen-bond acceptors (Lipinski definition) is 4. The Morgan fingerprint density at radius 3 is 1.43 bits per heavy atom. The average molecular weight is 486 g/mol. The Balaban J connectivity index is 0.000000905. The molecule has 0 saturated carbocycles. The first kappa shape index (κ1) is 30.0. The summed E-state index contributed by atoms with van der Waals surface area (Å²) in [6.07, 6.45) is 1.80. The number of carbonyl (C=O) groups is 2. The molecule has 0 atom stereocenters. The summed E-state index contributed by atoms with van der Waals surface area (Å²) in [5.41, 5.74) is 7.23. The normalized spacial score (nSPS) is 12.0. The quantitative estimate of drug-likeness (QED) is 0.376. The second-order valence-electron chi connectivity index (χ2n) is 11.4. The number of primary amides is 1. The van der Waals surface area contributed by atoms with Gasteiger partial charge in [0, 0.05) is 18.3 Å². The molecule has 0 aliphatic heterocycles. The minimum atomic E-state index is -0.846. The third-order valence-electron chi connectivity index (χ3n) is 6.22. The van der Waals surface area contributed by atoms with Crippen molar-refractivity contribution in [3.8, 4) is 11.5 Å². The van der Waals surface area contributed by atoms with Gasteiger partial charge in [-0.05, 0) is 58.1 Å². The minimum absolute atomic E-state index is 0.0218. The maximum atomic E-state index is 11.4. The van der Waals surface area contributed by atoms with Gasteiger partial charge in [0.1, 0.15) is 11.5 Å². The van der Waals surface area contributed by atoms with Gasteiger partial charge in [0.2, 0.25) is 5.91 Å². The monoisotopic (exact) mass is 485 g/mol. The Labute approximate surface area is 210 Å². The van der Waals surface area contributed by atoms with Gasteiger partial charge in [0.25, 0.3) is 0 Å². The zero-order valence-electron chi connectivity index (χ0n) is 22.5. The Morgan fingerprint density at radius 2 is 1.17 bits per heavy atom. The molecule has 6 heteroatoms. The van der Waals surface area contributed by atoms with E-state index in [9.17, 15) is 24.9 Å². The summed E-state index contributed by atoms with van der Waals surface area (Å²) in [6.45, 7) is 16.2. The first-order valence-corrected chi connectivity index (χ1v) is 12.1. The van der Waals surface area contributed by atoms with Crippen molar-refractivity contribution in [2.45, 2.75) is 97.3 Å². The highest BCUT2D eigenvalue weighted by atomic mass is 16.4. The molecule has 5 N–H and O–H groups in total. The van der Waals surface area contributed by atoms with E-state index in [1.54, 1.807) is 12.1 Å². The number of phenols is 2. The van der Waals surface area contributed by atoms with Crippen LogP contribution in [-0.2, 0) is 25.8 Å². The number of aliphatic carboxylic acids is 1. The number of phenolic OH excluding ortho intramolecular Hbond substituents is 2. The molecule has 0 aromatic heterocycles. The van der Waals surface area contributed by atoms with Crippen molar-refractivity contribution in [3.05, 3.63) is 58.7 Å².